The summed E-state index contributed by atoms with van der Waals surface area (Å²) in [5, 5.41) is 0. The molecule has 8 nitrogen and oxygen atoms in total. The van der Waals surface area contributed by atoms with Gasteiger partial charge in [-0.25, -0.2) is 0 Å². The Morgan fingerprint density at radius 3 is 2.21 bits per heavy atom. The highest BCUT2D eigenvalue weighted by Crippen LogP contribution is 2.58. The zero-order valence-electron chi connectivity index (χ0n) is 21.3. The van der Waals surface area contributed by atoms with E-state index in [0.29, 0.717) is 18.4 Å². The number of carbonyl (C=O) groups is 4. The van der Waals surface area contributed by atoms with Crippen molar-refractivity contribution in [2.75, 3.05) is 0 Å². The Morgan fingerprint density at radius 2 is 1.68 bits per heavy atom. The van der Waals surface area contributed by atoms with Crippen molar-refractivity contribution >= 4 is 23.7 Å². The molecule has 0 N–H and O–H groups in total. The summed E-state index contributed by atoms with van der Waals surface area (Å²) in [5.74, 6) is -1.84. The van der Waals surface area contributed by atoms with E-state index < -0.39 is 53.3 Å². The molecule has 0 aromatic heterocycles. The zero-order valence-corrected chi connectivity index (χ0v) is 21.3. The minimum Gasteiger partial charge on any atom is -0.458 e. The Balaban J connectivity index is 2.21. The van der Waals surface area contributed by atoms with E-state index in [0.717, 1.165) is 0 Å². The molecular formula is C26H38O8. The molecule has 0 radical (unpaired) electrons. The average molecular weight is 479 g/mol. The molecule has 0 aromatic rings. The molecule has 34 heavy (non-hydrogen) atoms. The van der Waals surface area contributed by atoms with E-state index in [9.17, 15) is 19.2 Å². The lowest BCUT2D eigenvalue weighted by molar-refractivity contribution is -0.215. The molecule has 3 rings (SSSR count). The van der Waals surface area contributed by atoms with Crippen LogP contribution >= 0.6 is 0 Å². The van der Waals surface area contributed by atoms with Crippen molar-refractivity contribution < 1.29 is 38.1 Å². The Hall–Kier alpha value is -2.22. The van der Waals surface area contributed by atoms with E-state index in [1.165, 1.54) is 20.8 Å². The molecule has 2 bridgehead atoms. The lowest BCUT2D eigenvalue weighted by Gasteiger charge is -2.53. The van der Waals surface area contributed by atoms with Gasteiger partial charge in [-0.2, -0.15) is 0 Å². The number of carbonyl (C=O) groups excluding carboxylic acids is 4. The second-order valence-corrected chi connectivity index (χ2v) is 10.9. The average Bonchev–Trinajstić information content (AvgIpc) is 3.08. The molecule has 8 atom stereocenters. The van der Waals surface area contributed by atoms with Crippen LogP contribution in [0.4, 0.5) is 0 Å². The van der Waals surface area contributed by atoms with Gasteiger partial charge in [-0.05, 0) is 44.1 Å². The van der Waals surface area contributed by atoms with E-state index in [1.54, 1.807) is 6.92 Å². The lowest BCUT2D eigenvalue weighted by Crippen LogP contribution is -2.63. The molecule has 0 amide bonds. The van der Waals surface area contributed by atoms with Gasteiger partial charge >= 0.3 is 17.9 Å². The molecule has 0 spiro atoms. The number of hydrogen-bond donors (Lipinski definition) is 0. The first-order chi connectivity index (χ1) is 15.7. The lowest BCUT2D eigenvalue weighted by atomic mass is 9.56. The number of fused-ring (bicyclic) bond motifs is 5. The summed E-state index contributed by atoms with van der Waals surface area (Å²) in [5.41, 5.74) is -1.81. The fraction of sp³-hybridized carbons (Fsp3) is 0.769. The largest absolute Gasteiger partial charge is 0.458 e. The van der Waals surface area contributed by atoms with Crippen molar-refractivity contribution in [3.8, 4) is 0 Å². The quantitative estimate of drug-likeness (QED) is 0.343. The fourth-order valence-electron chi connectivity index (χ4n) is 6.62. The van der Waals surface area contributed by atoms with Crippen LogP contribution in [-0.2, 0) is 38.1 Å². The Kier molecular flexibility index (Phi) is 7.32. The SMILES string of the molecule is C=C1C[C@@H]2O[C@@H](C3C(C(C)C)C[C@@H](OC(C)=O)[C@](C)(OC(C)=O)C32)[C@@](C)(OC(C)=O)CCC1=O. The fourth-order valence-corrected chi connectivity index (χ4v) is 6.62. The monoisotopic (exact) mass is 478 g/mol. The van der Waals surface area contributed by atoms with Crippen molar-refractivity contribution in [2.24, 2.45) is 23.7 Å². The van der Waals surface area contributed by atoms with Gasteiger partial charge in [0.05, 0.1) is 6.10 Å². The normalized spacial score (nSPS) is 40.0. The van der Waals surface area contributed by atoms with Crippen LogP contribution in [0, 0.1) is 23.7 Å². The van der Waals surface area contributed by atoms with Crippen molar-refractivity contribution in [1.29, 1.82) is 0 Å². The maximum atomic E-state index is 12.8. The summed E-state index contributed by atoms with van der Waals surface area (Å²) in [6.07, 6.45) is -0.483. The predicted octanol–water partition coefficient (Wildman–Crippen LogP) is 3.55. The second-order valence-electron chi connectivity index (χ2n) is 10.9. The summed E-state index contributed by atoms with van der Waals surface area (Å²) in [4.78, 5) is 49.3. The van der Waals surface area contributed by atoms with Crippen LogP contribution < -0.4 is 0 Å². The van der Waals surface area contributed by atoms with Gasteiger partial charge in [0, 0.05) is 45.4 Å². The van der Waals surface area contributed by atoms with Crippen molar-refractivity contribution in [3.63, 3.8) is 0 Å². The number of hydrogen-bond acceptors (Lipinski definition) is 8. The highest BCUT2D eigenvalue weighted by molar-refractivity contribution is 5.94. The molecular weight excluding hydrogens is 440 g/mol. The third-order valence-corrected chi connectivity index (χ3v) is 7.97. The van der Waals surface area contributed by atoms with Crippen LogP contribution in [0.25, 0.3) is 0 Å². The number of ether oxygens (including phenoxy) is 4. The molecule has 1 aliphatic carbocycles. The zero-order chi connectivity index (χ0) is 25.6. The van der Waals surface area contributed by atoms with Gasteiger partial charge in [0.1, 0.15) is 17.8 Å². The molecule has 3 unspecified atom stereocenters. The van der Waals surface area contributed by atoms with Gasteiger partial charge in [-0.15, -0.1) is 0 Å². The van der Waals surface area contributed by atoms with Crippen LogP contribution in [0.5, 0.6) is 0 Å². The van der Waals surface area contributed by atoms with E-state index in [-0.39, 0.29) is 36.4 Å². The van der Waals surface area contributed by atoms with Gasteiger partial charge in [0.2, 0.25) is 0 Å². The standard InChI is InChI=1S/C26H38O8/c1-13(2)18-12-21(31-15(4)27)26(8,34-17(6)29)23-20-11-14(3)19(30)9-10-25(7,33-16(5)28)24(32-20)22(18)23/h13,18,20-24H,3,9-12H2,1-2,4-8H3/t18?,20-,21+,22?,23?,24-,25-,26-/m0/s1. The Bertz CT molecular complexity index is 878. The highest BCUT2D eigenvalue weighted by Gasteiger charge is 2.67. The van der Waals surface area contributed by atoms with Gasteiger partial charge in [0.15, 0.2) is 11.4 Å². The summed E-state index contributed by atoms with van der Waals surface area (Å²) in [6.45, 7) is 15.8. The summed E-state index contributed by atoms with van der Waals surface area (Å²) in [7, 11) is 0. The Morgan fingerprint density at radius 1 is 1.06 bits per heavy atom. The first-order valence-electron chi connectivity index (χ1n) is 12.1. The van der Waals surface area contributed by atoms with Gasteiger partial charge < -0.3 is 18.9 Å². The second kappa shape index (κ2) is 9.44. The molecule has 0 aromatic carbocycles. The smallest absolute Gasteiger partial charge is 0.303 e. The molecule has 3 aliphatic rings. The molecule has 2 aliphatic heterocycles. The van der Waals surface area contributed by atoms with E-state index in [1.807, 2.05) is 6.92 Å². The van der Waals surface area contributed by atoms with Crippen LogP contribution in [0.3, 0.4) is 0 Å². The maximum absolute atomic E-state index is 12.8. The van der Waals surface area contributed by atoms with Crippen molar-refractivity contribution in [1.82, 2.24) is 0 Å². The highest BCUT2D eigenvalue weighted by atomic mass is 16.6. The topological polar surface area (TPSA) is 105 Å². The predicted molar refractivity (Wildman–Crippen MR) is 122 cm³/mol. The molecule has 2 heterocycles. The molecule has 190 valence electrons. The molecule has 1 saturated carbocycles. The minimum absolute atomic E-state index is 0.0336. The summed E-state index contributed by atoms with van der Waals surface area (Å²) >= 11 is 0. The molecule has 2 saturated heterocycles. The van der Waals surface area contributed by atoms with Gasteiger partial charge in [0.25, 0.3) is 0 Å². The van der Waals surface area contributed by atoms with Crippen LogP contribution in [0.1, 0.15) is 74.1 Å². The van der Waals surface area contributed by atoms with Crippen molar-refractivity contribution in [3.05, 3.63) is 12.2 Å². The third kappa shape index (κ3) is 4.79. The van der Waals surface area contributed by atoms with Gasteiger partial charge in [-0.1, -0.05) is 20.4 Å². The van der Waals surface area contributed by atoms with Gasteiger partial charge in [-0.3, -0.25) is 19.2 Å². The number of rotatable bonds is 4. The number of esters is 3. The number of ketones is 1. The van der Waals surface area contributed by atoms with Crippen LogP contribution in [0.2, 0.25) is 0 Å². The van der Waals surface area contributed by atoms with Crippen molar-refractivity contribution in [2.45, 2.75) is 104 Å². The van der Waals surface area contributed by atoms with E-state index in [2.05, 4.69) is 20.4 Å². The van der Waals surface area contributed by atoms with Crippen LogP contribution in [-0.4, -0.2) is 53.2 Å². The van der Waals surface area contributed by atoms with Crippen LogP contribution in [0.15, 0.2) is 12.2 Å². The molecule has 3 fully saturated rings. The summed E-state index contributed by atoms with van der Waals surface area (Å²) < 4.78 is 24.2. The van der Waals surface area contributed by atoms with E-state index >= 15 is 0 Å². The third-order valence-electron chi connectivity index (χ3n) is 7.97. The first kappa shape index (κ1) is 26.4. The maximum Gasteiger partial charge on any atom is 0.303 e. The Labute approximate surface area is 201 Å². The minimum atomic E-state index is -1.19. The first-order valence-corrected chi connectivity index (χ1v) is 12.1. The molecule has 8 heteroatoms. The van der Waals surface area contributed by atoms with E-state index in [4.69, 9.17) is 18.9 Å². The summed E-state index contributed by atoms with van der Waals surface area (Å²) in [6, 6.07) is 0. The number of Topliss-reactive ketones (excluding diaryl/α,β-unsaturated/α-hetero) is 1.